The summed E-state index contributed by atoms with van der Waals surface area (Å²) in [6, 6.07) is 13.2. The van der Waals surface area contributed by atoms with Crippen molar-refractivity contribution in [2.75, 3.05) is 5.73 Å². The van der Waals surface area contributed by atoms with Crippen LogP contribution in [0.15, 0.2) is 61.2 Å². The number of nitrogens with zero attached hydrogens (tertiary/aromatic N) is 7. The van der Waals surface area contributed by atoms with Crippen LogP contribution in [0.25, 0.3) is 28.0 Å². The van der Waals surface area contributed by atoms with Crippen LogP contribution in [0.5, 0.6) is 0 Å². The monoisotopic (exact) mass is 458 g/mol. The molecule has 10 heteroatoms. The van der Waals surface area contributed by atoms with E-state index in [1.807, 2.05) is 6.92 Å². The third-order valence-corrected chi connectivity index (χ3v) is 5.59. The molecule has 5 rings (SSSR count). The van der Waals surface area contributed by atoms with Crippen molar-refractivity contribution >= 4 is 28.5 Å². The number of benzene rings is 2. The van der Waals surface area contributed by atoms with Crippen molar-refractivity contribution in [1.82, 2.24) is 29.5 Å². The van der Waals surface area contributed by atoms with E-state index >= 15 is 0 Å². The maximum Gasteiger partial charge on any atom is 0.164 e. The predicted molar refractivity (Wildman–Crippen MR) is 122 cm³/mol. The Morgan fingerprint density at radius 1 is 1.18 bits per heavy atom. The van der Waals surface area contributed by atoms with Gasteiger partial charge in [0.2, 0.25) is 0 Å². The lowest BCUT2D eigenvalue weighted by Crippen LogP contribution is -2.09. The van der Waals surface area contributed by atoms with Gasteiger partial charge in [0.15, 0.2) is 5.65 Å². The Hall–Kier alpha value is -4.29. The summed E-state index contributed by atoms with van der Waals surface area (Å²) in [7, 11) is 0. The molecule has 2 N–H and O–H groups in total. The molecule has 0 bridgehead atoms. The fourth-order valence-electron chi connectivity index (χ4n) is 3.72. The average Bonchev–Trinajstić information content (AvgIpc) is 3.45. The van der Waals surface area contributed by atoms with Crippen LogP contribution < -0.4 is 5.73 Å². The number of aromatic nitrogens is 6. The molecule has 0 spiro atoms. The number of nitrogens with two attached hydrogens (primary N) is 1. The molecule has 2 aromatic carbocycles. The first kappa shape index (κ1) is 20.6. The lowest BCUT2D eigenvalue weighted by atomic mass is 10.1. The van der Waals surface area contributed by atoms with Gasteiger partial charge in [-0.3, -0.25) is 0 Å². The third kappa shape index (κ3) is 3.56. The van der Waals surface area contributed by atoms with Crippen molar-refractivity contribution in [1.29, 1.82) is 5.26 Å². The van der Waals surface area contributed by atoms with Gasteiger partial charge >= 0.3 is 0 Å². The first-order valence-electron chi connectivity index (χ1n) is 9.95. The summed E-state index contributed by atoms with van der Waals surface area (Å²) >= 11 is 6.22. The van der Waals surface area contributed by atoms with E-state index in [0.717, 1.165) is 5.56 Å². The van der Waals surface area contributed by atoms with Gasteiger partial charge in [-0.2, -0.15) is 15.5 Å². The molecule has 3 heterocycles. The second kappa shape index (κ2) is 8.00. The van der Waals surface area contributed by atoms with Crippen molar-refractivity contribution in [3.8, 4) is 23.0 Å². The average molecular weight is 459 g/mol. The highest BCUT2D eigenvalue weighted by molar-refractivity contribution is 6.31. The Labute approximate surface area is 192 Å². The highest BCUT2D eigenvalue weighted by atomic mass is 35.5. The number of nitriles is 1. The second-order valence-corrected chi connectivity index (χ2v) is 7.87. The first-order chi connectivity index (χ1) is 16.0. The zero-order chi connectivity index (χ0) is 23.1. The quantitative estimate of drug-likeness (QED) is 0.423. The van der Waals surface area contributed by atoms with Crippen LogP contribution in [-0.4, -0.2) is 29.5 Å². The third-order valence-electron chi connectivity index (χ3n) is 5.37. The molecule has 0 aliphatic carbocycles. The Kier molecular flexibility index (Phi) is 4.99. The standard InChI is InChI=1S/C23H16ClFN8/c1-13(16-10-30-32(11-16)19-5-3-2-4-18(19)25)33-23-20(22(27)28-12-29-23)21(31-33)15-6-14(9-26)7-17(24)8-15/h2-8,10-13H,1H3,(H2,27,28,29). The fraction of sp³-hybridized carbons (Fsp3) is 0.0870. The van der Waals surface area contributed by atoms with Gasteiger partial charge in [0.1, 0.15) is 29.3 Å². The summed E-state index contributed by atoms with van der Waals surface area (Å²) in [5.74, 6) is -0.115. The number of halogens is 2. The zero-order valence-electron chi connectivity index (χ0n) is 17.3. The summed E-state index contributed by atoms with van der Waals surface area (Å²) in [6.07, 6.45) is 4.77. The minimum Gasteiger partial charge on any atom is -0.383 e. The van der Waals surface area contributed by atoms with Gasteiger partial charge in [-0.05, 0) is 37.3 Å². The lowest BCUT2D eigenvalue weighted by Gasteiger charge is -2.11. The molecule has 0 radical (unpaired) electrons. The molecule has 0 saturated heterocycles. The van der Waals surface area contributed by atoms with Crippen molar-refractivity contribution in [2.24, 2.45) is 0 Å². The highest BCUT2D eigenvalue weighted by Gasteiger charge is 2.22. The van der Waals surface area contributed by atoms with Crippen molar-refractivity contribution in [2.45, 2.75) is 13.0 Å². The molecule has 0 saturated carbocycles. The predicted octanol–water partition coefficient (Wildman–Crippen LogP) is 4.53. The van der Waals surface area contributed by atoms with Gasteiger partial charge in [-0.25, -0.2) is 23.7 Å². The number of anilines is 1. The van der Waals surface area contributed by atoms with E-state index in [-0.39, 0.29) is 17.7 Å². The molecule has 162 valence electrons. The Balaban J connectivity index is 1.65. The molecule has 3 aromatic heterocycles. The Morgan fingerprint density at radius 3 is 2.79 bits per heavy atom. The SMILES string of the molecule is CC(c1cnn(-c2ccccc2F)c1)n1nc(-c2cc(Cl)cc(C#N)c2)c2c(N)ncnc21. The molecule has 5 aromatic rings. The summed E-state index contributed by atoms with van der Waals surface area (Å²) in [5.41, 5.74) is 9.37. The number of para-hydroxylation sites is 1. The smallest absolute Gasteiger partial charge is 0.164 e. The van der Waals surface area contributed by atoms with Crippen LogP contribution in [0.4, 0.5) is 10.2 Å². The maximum atomic E-state index is 14.2. The van der Waals surface area contributed by atoms with Gasteiger partial charge in [0.25, 0.3) is 0 Å². The maximum absolute atomic E-state index is 14.2. The van der Waals surface area contributed by atoms with E-state index in [1.54, 1.807) is 53.5 Å². The number of hydrogen-bond acceptors (Lipinski definition) is 6. The van der Waals surface area contributed by atoms with E-state index in [9.17, 15) is 9.65 Å². The van der Waals surface area contributed by atoms with Crippen molar-refractivity contribution in [3.05, 3.63) is 83.2 Å². The zero-order valence-corrected chi connectivity index (χ0v) is 18.1. The Morgan fingerprint density at radius 2 is 2.00 bits per heavy atom. The van der Waals surface area contributed by atoms with Gasteiger partial charge < -0.3 is 5.73 Å². The molecule has 0 amide bonds. The number of fused-ring (bicyclic) bond motifs is 1. The molecule has 0 aliphatic heterocycles. The van der Waals surface area contributed by atoms with Gasteiger partial charge in [0, 0.05) is 22.3 Å². The molecule has 1 unspecified atom stereocenters. The molecule has 8 nitrogen and oxygen atoms in total. The van der Waals surface area contributed by atoms with Crippen LogP contribution in [0.3, 0.4) is 0 Å². The van der Waals surface area contributed by atoms with Gasteiger partial charge in [-0.1, -0.05) is 23.7 Å². The summed E-state index contributed by atoms with van der Waals surface area (Å²) in [4.78, 5) is 8.52. The topological polar surface area (TPSA) is 111 Å². The fourth-order valence-corrected chi connectivity index (χ4v) is 3.96. The molecular weight excluding hydrogens is 443 g/mol. The van der Waals surface area contributed by atoms with E-state index < -0.39 is 0 Å². The summed E-state index contributed by atoms with van der Waals surface area (Å²) < 4.78 is 17.4. The lowest BCUT2D eigenvalue weighted by molar-refractivity contribution is 0.580. The van der Waals surface area contributed by atoms with Crippen LogP contribution in [0, 0.1) is 17.1 Å². The minimum atomic E-state index is -0.374. The van der Waals surface area contributed by atoms with Crippen LogP contribution in [0.1, 0.15) is 24.1 Å². The normalized spacial score (nSPS) is 12.1. The van der Waals surface area contributed by atoms with Crippen LogP contribution >= 0.6 is 11.6 Å². The number of rotatable bonds is 4. The first-order valence-corrected chi connectivity index (χ1v) is 10.3. The van der Waals surface area contributed by atoms with Gasteiger partial charge in [-0.15, -0.1) is 0 Å². The van der Waals surface area contributed by atoms with Gasteiger partial charge in [0.05, 0.1) is 29.3 Å². The van der Waals surface area contributed by atoms with E-state index in [1.165, 1.54) is 17.1 Å². The highest BCUT2D eigenvalue weighted by Crippen LogP contribution is 2.34. The molecule has 33 heavy (non-hydrogen) atoms. The van der Waals surface area contributed by atoms with Crippen LogP contribution in [-0.2, 0) is 0 Å². The summed E-state index contributed by atoms with van der Waals surface area (Å²) in [6.45, 7) is 1.93. The number of hydrogen-bond donors (Lipinski definition) is 1. The van der Waals surface area contributed by atoms with E-state index in [0.29, 0.717) is 38.6 Å². The van der Waals surface area contributed by atoms with E-state index in [4.69, 9.17) is 22.4 Å². The molecule has 0 fully saturated rings. The van der Waals surface area contributed by atoms with Crippen LogP contribution in [0.2, 0.25) is 5.02 Å². The van der Waals surface area contributed by atoms with Crippen molar-refractivity contribution in [3.63, 3.8) is 0 Å². The minimum absolute atomic E-state index is 0.258. The Bertz CT molecular complexity index is 1550. The molecular formula is C23H16ClFN8. The summed E-state index contributed by atoms with van der Waals surface area (Å²) in [5, 5.41) is 19.4. The second-order valence-electron chi connectivity index (χ2n) is 7.44. The number of nitrogen functional groups attached to an aromatic ring is 1. The van der Waals surface area contributed by atoms with E-state index in [2.05, 4.69) is 21.1 Å². The molecule has 0 aliphatic rings. The largest absolute Gasteiger partial charge is 0.383 e. The van der Waals surface area contributed by atoms with Crippen molar-refractivity contribution < 1.29 is 4.39 Å². The molecule has 1 atom stereocenters.